The first-order valence-corrected chi connectivity index (χ1v) is 3.29. The molecule has 0 aromatic carbocycles. The van der Waals surface area contributed by atoms with Crippen LogP contribution in [0.15, 0.2) is 10.5 Å². The first-order chi connectivity index (χ1) is 6.09. The van der Waals surface area contributed by atoms with E-state index in [0.717, 1.165) is 6.07 Å². The summed E-state index contributed by atoms with van der Waals surface area (Å²) >= 11 is 0. The van der Waals surface area contributed by atoms with Crippen LogP contribution in [0, 0.1) is 11.8 Å². The number of carboxylic acids is 1. The number of fused-ring (bicyclic) bond motifs is 1. The molecule has 0 fully saturated rings. The summed E-state index contributed by atoms with van der Waals surface area (Å²) in [7, 11) is 0. The monoisotopic (exact) mass is 187 g/mol. The second-order valence-corrected chi connectivity index (χ2v) is 2.42. The standard InChI is InChI=1S/C7H3F2NO3/c8-4-5-3(13-6(4)9)1-2(10-5)7(11)12/h1,10H,(H,11,12). The second kappa shape index (κ2) is 2.32. The van der Waals surface area contributed by atoms with Gasteiger partial charge < -0.3 is 14.5 Å². The van der Waals surface area contributed by atoms with Crippen molar-refractivity contribution in [2.75, 3.05) is 0 Å². The molecule has 0 spiro atoms. The summed E-state index contributed by atoms with van der Waals surface area (Å²) in [6.07, 6.45) is 0. The van der Waals surface area contributed by atoms with Gasteiger partial charge in [0.25, 0.3) is 0 Å². The maximum Gasteiger partial charge on any atom is 0.352 e. The van der Waals surface area contributed by atoms with Crippen LogP contribution >= 0.6 is 0 Å². The van der Waals surface area contributed by atoms with E-state index in [-0.39, 0.29) is 16.8 Å². The average molecular weight is 187 g/mol. The van der Waals surface area contributed by atoms with E-state index in [2.05, 4.69) is 9.40 Å². The van der Waals surface area contributed by atoms with Gasteiger partial charge in [0.2, 0.25) is 5.82 Å². The fourth-order valence-corrected chi connectivity index (χ4v) is 1.03. The molecule has 2 N–H and O–H groups in total. The highest BCUT2D eigenvalue weighted by Crippen LogP contribution is 2.23. The zero-order valence-corrected chi connectivity index (χ0v) is 6.10. The van der Waals surface area contributed by atoms with Crippen molar-refractivity contribution >= 4 is 17.1 Å². The van der Waals surface area contributed by atoms with Crippen LogP contribution in [-0.4, -0.2) is 16.1 Å². The minimum absolute atomic E-state index is 0.146. The number of hydrogen-bond donors (Lipinski definition) is 2. The van der Waals surface area contributed by atoms with E-state index in [1.165, 1.54) is 0 Å². The molecule has 0 unspecified atom stereocenters. The molecular formula is C7H3F2NO3. The molecular weight excluding hydrogens is 184 g/mol. The van der Waals surface area contributed by atoms with Crippen molar-refractivity contribution in [3.05, 3.63) is 23.6 Å². The number of aromatic nitrogens is 1. The van der Waals surface area contributed by atoms with Crippen LogP contribution in [0.2, 0.25) is 0 Å². The third-order valence-corrected chi connectivity index (χ3v) is 1.60. The van der Waals surface area contributed by atoms with Crippen molar-refractivity contribution < 1.29 is 23.1 Å². The number of hydrogen-bond acceptors (Lipinski definition) is 2. The molecule has 0 aliphatic heterocycles. The first-order valence-electron chi connectivity index (χ1n) is 3.29. The van der Waals surface area contributed by atoms with Crippen molar-refractivity contribution in [1.82, 2.24) is 4.98 Å². The van der Waals surface area contributed by atoms with E-state index in [4.69, 9.17) is 5.11 Å². The lowest BCUT2D eigenvalue weighted by Gasteiger charge is -1.84. The zero-order valence-electron chi connectivity index (χ0n) is 6.10. The van der Waals surface area contributed by atoms with E-state index < -0.39 is 17.8 Å². The number of nitrogens with one attached hydrogen (secondary N) is 1. The van der Waals surface area contributed by atoms with Gasteiger partial charge in [-0.25, -0.2) is 4.79 Å². The van der Waals surface area contributed by atoms with Crippen LogP contribution in [0.5, 0.6) is 0 Å². The maximum absolute atomic E-state index is 12.7. The SMILES string of the molecule is O=C(O)c1cc2oc(F)c(F)c2[nH]1. The molecule has 0 radical (unpaired) electrons. The fraction of sp³-hybridized carbons (Fsp3) is 0. The molecule has 0 atom stereocenters. The molecule has 4 nitrogen and oxygen atoms in total. The number of carboxylic acid groups (broad SMARTS) is 1. The Bertz CT molecular complexity index is 485. The number of halogens is 2. The highest BCUT2D eigenvalue weighted by molar-refractivity contribution is 5.91. The van der Waals surface area contributed by atoms with Gasteiger partial charge in [-0.3, -0.25) is 0 Å². The molecule has 0 amide bonds. The third-order valence-electron chi connectivity index (χ3n) is 1.60. The van der Waals surface area contributed by atoms with Gasteiger partial charge in [0, 0.05) is 6.07 Å². The van der Waals surface area contributed by atoms with E-state index in [1.54, 1.807) is 0 Å². The van der Waals surface area contributed by atoms with E-state index in [0.29, 0.717) is 0 Å². The van der Waals surface area contributed by atoms with E-state index in [9.17, 15) is 13.6 Å². The van der Waals surface area contributed by atoms with Gasteiger partial charge in [0.15, 0.2) is 5.58 Å². The van der Waals surface area contributed by atoms with Gasteiger partial charge in [0.1, 0.15) is 11.2 Å². The molecule has 2 aromatic rings. The molecule has 0 aliphatic carbocycles. The summed E-state index contributed by atoms with van der Waals surface area (Å²) in [6, 6.07) is -0.331. The average Bonchev–Trinajstić information content (AvgIpc) is 2.55. The van der Waals surface area contributed by atoms with Gasteiger partial charge in [-0.1, -0.05) is 0 Å². The van der Waals surface area contributed by atoms with Gasteiger partial charge in [0.05, 0.1) is 0 Å². The largest absolute Gasteiger partial charge is 0.477 e. The highest BCUT2D eigenvalue weighted by atomic mass is 19.2. The Morgan fingerprint density at radius 2 is 2.23 bits per heavy atom. The number of H-pyrrole nitrogens is 1. The normalized spacial score (nSPS) is 10.9. The summed E-state index contributed by atoms with van der Waals surface area (Å²) in [5, 5.41) is 8.48. The van der Waals surface area contributed by atoms with Crippen molar-refractivity contribution in [2.45, 2.75) is 0 Å². The first kappa shape index (κ1) is 7.78. The van der Waals surface area contributed by atoms with Crippen LogP contribution in [0.3, 0.4) is 0 Å². The fourth-order valence-electron chi connectivity index (χ4n) is 1.03. The molecule has 6 heteroatoms. The Morgan fingerprint density at radius 1 is 1.54 bits per heavy atom. The lowest BCUT2D eigenvalue weighted by molar-refractivity contribution is 0.0691. The maximum atomic E-state index is 12.7. The third kappa shape index (κ3) is 0.986. The molecule has 0 aliphatic rings. The molecule has 0 saturated heterocycles. The summed E-state index contributed by atoms with van der Waals surface area (Å²) in [5.74, 6) is -2.46. The predicted octanol–water partition coefficient (Wildman–Crippen LogP) is 1.74. The van der Waals surface area contributed by atoms with Gasteiger partial charge in [-0.15, -0.1) is 0 Å². The number of furan rings is 1. The summed E-state index contributed by atoms with van der Waals surface area (Å²) in [5.41, 5.74) is -0.657. The zero-order chi connectivity index (χ0) is 9.59. The van der Waals surface area contributed by atoms with Gasteiger partial charge in [-0.05, 0) is 0 Å². The Kier molecular flexibility index (Phi) is 1.39. The highest BCUT2D eigenvalue weighted by Gasteiger charge is 2.18. The summed E-state index contributed by atoms with van der Waals surface area (Å²) in [6.45, 7) is 0. The topological polar surface area (TPSA) is 66.2 Å². The minimum Gasteiger partial charge on any atom is -0.477 e. The number of aromatic amines is 1. The molecule has 0 bridgehead atoms. The molecule has 0 saturated carbocycles. The van der Waals surface area contributed by atoms with Crippen molar-refractivity contribution in [2.24, 2.45) is 0 Å². The smallest absolute Gasteiger partial charge is 0.352 e. The van der Waals surface area contributed by atoms with E-state index in [1.807, 2.05) is 0 Å². The van der Waals surface area contributed by atoms with Crippen LogP contribution in [0.4, 0.5) is 8.78 Å². The Balaban J connectivity index is 2.72. The second-order valence-electron chi connectivity index (χ2n) is 2.42. The number of carbonyl (C=O) groups is 1. The van der Waals surface area contributed by atoms with Crippen molar-refractivity contribution in [3.63, 3.8) is 0 Å². The van der Waals surface area contributed by atoms with E-state index >= 15 is 0 Å². The van der Waals surface area contributed by atoms with Gasteiger partial charge >= 0.3 is 12.0 Å². The summed E-state index contributed by atoms with van der Waals surface area (Å²) in [4.78, 5) is 12.6. The number of aromatic carboxylic acids is 1. The van der Waals surface area contributed by atoms with Crippen LogP contribution in [0.1, 0.15) is 10.5 Å². The Hall–Kier alpha value is -1.85. The molecule has 13 heavy (non-hydrogen) atoms. The lowest BCUT2D eigenvalue weighted by Crippen LogP contribution is -1.95. The number of rotatable bonds is 1. The molecule has 2 heterocycles. The molecule has 2 rings (SSSR count). The Morgan fingerprint density at radius 3 is 2.77 bits per heavy atom. The minimum atomic E-state index is -1.35. The van der Waals surface area contributed by atoms with Crippen LogP contribution < -0.4 is 0 Å². The molecule has 2 aromatic heterocycles. The van der Waals surface area contributed by atoms with Gasteiger partial charge in [-0.2, -0.15) is 8.78 Å². The van der Waals surface area contributed by atoms with Crippen molar-refractivity contribution in [3.8, 4) is 0 Å². The van der Waals surface area contributed by atoms with Crippen molar-refractivity contribution in [1.29, 1.82) is 0 Å². The Labute approximate surface area is 69.8 Å². The molecule has 68 valence electrons. The quantitative estimate of drug-likeness (QED) is 0.714. The van der Waals surface area contributed by atoms with Crippen LogP contribution in [0.25, 0.3) is 11.1 Å². The predicted molar refractivity (Wildman–Crippen MR) is 37.4 cm³/mol. The van der Waals surface area contributed by atoms with Crippen LogP contribution in [-0.2, 0) is 0 Å². The summed E-state index contributed by atoms with van der Waals surface area (Å²) < 4.78 is 29.4. The lowest BCUT2D eigenvalue weighted by atomic mass is 10.4.